The molecular weight excluding hydrogens is 190 g/mol. The number of hydrogen-bond acceptors (Lipinski definition) is 3. The van der Waals surface area contributed by atoms with Crippen LogP contribution in [-0.4, -0.2) is 12.6 Å². The molecule has 0 amide bonds. The van der Waals surface area contributed by atoms with Crippen LogP contribution in [0.1, 0.15) is 58.3 Å². The summed E-state index contributed by atoms with van der Waals surface area (Å²) in [6, 6.07) is 1.86. The lowest BCUT2D eigenvalue weighted by Crippen LogP contribution is -2.02. The molecule has 1 fully saturated rings. The molecule has 15 heavy (non-hydrogen) atoms. The summed E-state index contributed by atoms with van der Waals surface area (Å²) < 4.78 is 4.55. The summed E-state index contributed by atoms with van der Waals surface area (Å²) in [5, 5.41) is 8.03. The van der Waals surface area contributed by atoms with Crippen LogP contribution in [0.3, 0.4) is 0 Å². The standard InChI is InChI=1S/C6H9NO2.C6H12/c1-2-9-6(8)4-3-5-7;1-2-4-6-5-3-1/h2-4H2,1H3;1-6H2. The van der Waals surface area contributed by atoms with Crippen molar-refractivity contribution >= 4 is 5.97 Å². The largest absolute Gasteiger partial charge is 0.466 e. The molecule has 0 bridgehead atoms. The molecule has 0 atom stereocenters. The highest BCUT2D eigenvalue weighted by atomic mass is 16.5. The normalized spacial score (nSPS) is 14.4. The van der Waals surface area contributed by atoms with Crippen molar-refractivity contribution in [1.82, 2.24) is 0 Å². The first-order valence-corrected chi connectivity index (χ1v) is 5.83. The number of carbonyl (C=O) groups is 1. The van der Waals surface area contributed by atoms with E-state index in [2.05, 4.69) is 4.74 Å². The third-order valence-corrected chi connectivity index (χ3v) is 2.25. The van der Waals surface area contributed by atoms with Gasteiger partial charge in [0.1, 0.15) is 0 Å². The van der Waals surface area contributed by atoms with Gasteiger partial charge in [-0.15, -0.1) is 0 Å². The number of hydrogen-bond donors (Lipinski definition) is 0. The van der Waals surface area contributed by atoms with Gasteiger partial charge < -0.3 is 4.74 Å². The predicted molar refractivity (Wildman–Crippen MR) is 59.2 cm³/mol. The summed E-state index contributed by atoms with van der Waals surface area (Å²) in [5.74, 6) is -0.293. The van der Waals surface area contributed by atoms with Gasteiger partial charge in [-0.2, -0.15) is 5.26 Å². The second-order valence-corrected chi connectivity index (χ2v) is 3.58. The van der Waals surface area contributed by atoms with Crippen LogP contribution in [0.5, 0.6) is 0 Å². The highest BCUT2D eigenvalue weighted by molar-refractivity contribution is 5.69. The zero-order valence-corrected chi connectivity index (χ0v) is 9.63. The minimum absolute atomic E-state index is 0.213. The van der Waals surface area contributed by atoms with E-state index >= 15 is 0 Å². The van der Waals surface area contributed by atoms with Crippen molar-refractivity contribution in [2.24, 2.45) is 0 Å². The first-order valence-electron chi connectivity index (χ1n) is 5.83. The molecule has 0 aromatic carbocycles. The van der Waals surface area contributed by atoms with Crippen molar-refractivity contribution in [2.75, 3.05) is 6.61 Å². The highest BCUT2D eigenvalue weighted by Gasteiger charge is 1.97. The topological polar surface area (TPSA) is 50.1 Å². The summed E-state index contributed by atoms with van der Waals surface area (Å²) in [5.41, 5.74) is 0. The number of esters is 1. The maximum Gasteiger partial charge on any atom is 0.306 e. The zero-order valence-electron chi connectivity index (χ0n) is 9.63. The second kappa shape index (κ2) is 11.0. The minimum Gasteiger partial charge on any atom is -0.466 e. The summed E-state index contributed by atoms with van der Waals surface area (Å²) in [7, 11) is 0. The molecule has 1 rings (SSSR count). The van der Waals surface area contributed by atoms with Gasteiger partial charge in [-0.25, -0.2) is 0 Å². The Kier molecular flexibility index (Phi) is 10.3. The predicted octanol–water partition coefficient (Wildman–Crippen LogP) is 3.19. The Balaban J connectivity index is 0.000000280. The first kappa shape index (κ1) is 14.0. The molecule has 1 saturated carbocycles. The van der Waals surface area contributed by atoms with E-state index in [1.807, 2.05) is 6.07 Å². The van der Waals surface area contributed by atoms with Crippen molar-refractivity contribution in [3.8, 4) is 6.07 Å². The van der Waals surface area contributed by atoms with E-state index < -0.39 is 0 Å². The van der Waals surface area contributed by atoms with Crippen molar-refractivity contribution in [2.45, 2.75) is 58.3 Å². The van der Waals surface area contributed by atoms with Crippen molar-refractivity contribution < 1.29 is 9.53 Å². The van der Waals surface area contributed by atoms with Gasteiger partial charge in [0, 0.05) is 6.42 Å². The Morgan fingerprint density at radius 3 is 2.00 bits per heavy atom. The molecule has 0 aromatic rings. The molecule has 0 N–H and O–H groups in total. The van der Waals surface area contributed by atoms with Gasteiger partial charge in [0.2, 0.25) is 0 Å². The number of nitrogens with zero attached hydrogens (tertiary/aromatic N) is 1. The van der Waals surface area contributed by atoms with Crippen LogP contribution in [0.4, 0.5) is 0 Å². The Morgan fingerprint density at radius 2 is 1.67 bits per heavy atom. The SMILES string of the molecule is C1CCCCC1.CCOC(=O)CCC#N. The van der Waals surface area contributed by atoms with Crippen LogP contribution in [0.25, 0.3) is 0 Å². The maximum atomic E-state index is 10.4. The average molecular weight is 211 g/mol. The van der Waals surface area contributed by atoms with E-state index in [1.165, 1.54) is 38.5 Å². The number of rotatable bonds is 3. The molecule has 0 heterocycles. The maximum absolute atomic E-state index is 10.4. The fraction of sp³-hybridized carbons (Fsp3) is 0.833. The fourth-order valence-electron chi connectivity index (χ4n) is 1.45. The molecule has 0 unspecified atom stereocenters. The molecule has 3 heteroatoms. The van der Waals surface area contributed by atoms with E-state index in [1.54, 1.807) is 6.92 Å². The van der Waals surface area contributed by atoms with E-state index in [-0.39, 0.29) is 18.8 Å². The lowest BCUT2D eigenvalue weighted by molar-refractivity contribution is -0.142. The molecule has 1 aliphatic rings. The lowest BCUT2D eigenvalue weighted by atomic mass is 10.0. The first-order chi connectivity index (χ1) is 7.31. The fourth-order valence-corrected chi connectivity index (χ4v) is 1.45. The van der Waals surface area contributed by atoms with E-state index in [0.717, 1.165) is 0 Å². The molecule has 0 aliphatic heterocycles. The van der Waals surface area contributed by atoms with E-state index in [9.17, 15) is 4.79 Å². The van der Waals surface area contributed by atoms with Crippen molar-refractivity contribution in [1.29, 1.82) is 5.26 Å². The van der Waals surface area contributed by atoms with Crippen molar-refractivity contribution in [3.05, 3.63) is 0 Å². The summed E-state index contributed by atoms with van der Waals surface area (Å²) in [6.07, 6.45) is 9.46. The lowest BCUT2D eigenvalue weighted by Gasteiger charge is -2.05. The van der Waals surface area contributed by atoms with Crippen LogP contribution >= 0.6 is 0 Å². The molecule has 86 valence electrons. The highest BCUT2D eigenvalue weighted by Crippen LogP contribution is 2.15. The number of carbonyl (C=O) groups excluding carboxylic acids is 1. The summed E-state index contributed by atoms with van der Waals surface area (Å²) >= 11 is 0. The van der Waals surface area contributed by atoms with Crippen LogP contribution in [0.15, 0.2) is 0 Å². The van der Waals surface area contributed by atoms with Crippen molar-refractivity contribution in [3.63, 3.8) is 0 Å². The molecule has 0 saturated heterocycles. The van der Waals surface area contributed by atoms with Crippen LogP contribution in [0, 0.1) is 11.3 Å². The molecule has 0 spiro atoms. The summed E-state index contributed by atoms with van der Waals surface area (Å²) in [4.78, 5) is 10.4. The molecule has 3 nitrogen and oxygen atoms in total. The molecule has 0 aromatic heterocycles. The Bertz CT molecular complexity index is 181. The van der Waals surface area contributed by atoms with E-state index in [4.69, 9.17) is 5.26 Å². The zero-order chi connectivity index (χ0) is 11.4. The third kappa shape index (κ3) is 10.9. The van der Waals surface area contributed by atoms with Gasteiger partial charge in [-0.3, -0.25) is 4.79 Å². The van der Waals surface area contributed by atoms with Crippen LogP contribution in [0.2, 0.25) is 0 Å². The Labute approximate surface area is 92.4 Å². The monoisotopic (exact) mass is 211 g/mol. The van der Waals surface area contributed by atoms with Crippen LogP contribution in [-0.2, 0) is 9.53 Å². The molecule has 0 radical (unpaired) electrons. The summed E-state index contributed by atoms with van der Waals surface area (Å²) in [6.45, 7) is 2.13. The Morgan fingerprint density at radius 1 is 1.20 bits per heavy atom. The smallest absolute Gasteiger partial charge is 0.306 e. The van der Waals surface area contributed by atoms with Crippen LogP contribution < -0.4 is 0 Å². The van der Waals surface area contributed by atoms with Gasteiger partial charge in [0.25, 0.3) is 0 Å². The van der Waals surface area contributed by atoms with Gasteiger partial charge in [0.05, 0.1) is 19.1 Å². The average Bonchev–Trinajstić information content (AvgIpc) is 2.30. The number of ether oxygens (including phenoxy) is 1. The van der Waals surface area contributed by atoms with Gasteiger partial charge in [-0.1, -0.05) is 38.5 Å². The van der Waals surface area contributed by atoms with Gasteiger partial charge >= 0.3 is 5.97 Å². The second-order valence-electron chi connectivity index (χ2n) is 3.58. The third-order valence-electron chi connectivity index (χ3n) is 2.25. The van der Waals surface area contributed by atoms with Gasteiger partial charge in [0.15, 0.2) is 0 Å². The Hall–Kier alpha value is -1.04. The quantitative estimate of drug-likeness (QED) is 0.673. The van der Waals surface area contributed by atoms with Gasteiger partial charge in [-0.05, 0) is 6.92 Å². The minimum atomic E-state index is -0.293. The number of nitriles is 1. The molecule has 1 aliphatic carbocycles. The van der Waals surface area contributed by atoms with E-state index in [0.29, 0.717) is 6.61 Å². The molecular formula is C12H21NO2.